The molecule has 0 amide bonds. The van der Waals surface area contributed by atoms with Gasteiger partial charge in [-0.15, -0.1) is 0 Å². The molecule has 0 fully saturated rings. The second-order valence-electron chi connectivity index (χ2n) is 19.7. The maximum Gasteiger partial charge on any atom is 0.0509 e. The third-order valence-corrected chi connectivity index (χ3v) is 15.2. The summed E-state index contributed by atoms with van der Waals surface area (Å²) in [7, 11) is 0. The summed E-state index contributed by atoms with van der Waals surface area (Å²) in [5.41, 5.74) is 19.4. The first-order chi connectivity index (χ1) is 33.3. The van der Waals surface area contributed by atoms with E-state index in [0.29, 0.717) is 0 Å². The minimum absolute atomic E-state index is 0.126. The third-order valence-electron chi connectivity index (χ3n) is 15.2. The highest BCUT2D eigenvalue weighted by Gasteiger charge is 2.41. The van der Waals surface area contributed by atoms with Crippen molar-refractivity contribution in [1.29, 1.82) is 0 Å². The van der Waals surface area contributed by atoms with Crippen molar-refractivity contribution in [3.05, 3.63) is 253 Å². The quantitative estimate of drug-likeness (QED) is 0.154. The van der Waals surface area contributed by atoms with Gasteiger partial charge in [0.2, 0.25) is 0 Å². The molecule has 11 aromatic rings. The van der Waals surface area contributed by atoms with Gasteiger partial charge in [0.15, 0.2) is 0 Å². The average Bonchev–Trinajstić information content (AvgIpc) is 3.62. The minimum atomic E-state index is -0.357. The maximum atomic E-state index is 2.56. The summed E-state index contributed by atoms with van der Waals surface area (Å²) in [6.07, 6.45) is 0. The fourth-order valence-corrected chi connectivity index (χ4v) is 11.8. The summed E-state index contributed by atoms with van der Waals surface area (Å²) in [4.78, 5) is 4.91. The van der Waals surface area contributed by atoms with Crippen LogP contribution in [0.15, 0.2) is 231 Å². The van der Waals surface area contributed by atoms with Crippen molar-refractivity contribution in [3.63, 3.8) is 0 Å². The van der Waals surface area contributed by atoms with Crippen LogP contribution in [-0.4, -0.2) is 0 Å². The molecule has 1 heterocycles. The molecule has 2 aliphatic rings. The zero-order valence-electron chi connectivity index (χ0n) is 38.8. The van der Waals surface area contributed by atoms with E-state index in [1.165, 1.54) is 105 Å². The van der Waals surface area contributed by atoms with E-state index < -0.39 is 0 Å². The molecule has 68 heavy (non-hydrogen) atoms. The Balaban J connectivity index is 0.977. The van der Waals surface area contributed by atoms with Gasteiger partial charge in [-0.25, -0.2) is 0 Å². The van der Waals surface area contributed by atoms with Gasteiger partial charge in [-0.2, -0.15) is 0 Å². The lowest BCUT2D eigenvalue weighted by atomic mass is 9.70. The molecule has 0 saturated carbocycles. The number of anilines is 6. The van der Waals surface area contributed by atoms with Crippen LogP contribution in [0.1, 0.15) is 49.9 Å². The van der Waals surface area contributed by atoms with E-state index in [-0.39, 0.29) is 10.8 Å². The van der Waals surface area contributed by atoms with E-state index in [2.05, 4.69) is 268 Å². The molecular formula is C66H50N2. The number of nitrogens with zero attached hydrogens (tertiary/aromatic N) is 2. The largest absolute Gasteiger partial charge is 0.311 e. The van der Waals surface area contributed by atoms with Gasteiger partial charge >= 0.3 is 0 Å². The van der Waals surface area contributed by atoms with Gasteiger partial charge in [-0.3, -0.25) is 0 Å². The lowest BCUT2D eigenvalue weighted by Crippen LogP contribution is -2.31. The van der Waals surface area contributed by atoms with Crippen molar-refractivity contribution in [2.45, 2.75) is 38.5 Å². The van der Waals surface area contributed by atoms with Crippen molar-refractivity contribution >= 4 is 66.4 Å². The molecular weight excluding hydrogens is 821 g/mol. The first kappa shape index (κ1) is 40.1. The van der Waals surface area contributed by atoms with Crippen LogP contribution in [0.5, 0.6) is 0 Å². The fraction of sp³-hybridized carbons (Fsp3) is 0.0909. The van der Waals surface area contributed by atoms with Crippen molar-refractivity contribution < 1.29 is 0 Å². The molecule has 0 radical (unpaired) electrons. The van der Waals surface area contributed by atoms with Gasteiger partial charge in [0.25, 0.3) is 0 Å². The zero-order chi connectivity index (χ0) is 45.7. The summed E-state index contributed by atoms with van der Waals surface area (Å²) >= 11 is 0. The molecule has 1 aliphatic heterocycles. The Labute approximate surface area is 399 Å². The minimum Gasteiger partial charge on any atom is -0.311 e. The van der Waals surface area contributed by atoms with Crippen LogP contribution in [0.25, 0.3) is 65.7 Å². The molecule has 1 aliphatic carbocycles. The second kappa shape index (κ2) is 15.2. The Hall–Kier alpha value is -8.20. The highest BCUT2D eigenvalue weighted by atomic mass is 15.2. The molecule has 0 N–H and O–H groups in total. The average molecular weight is 871 g/mol. The Morgan fingerprint density at radius 1 is 0.324 bits per heavy atom. The van der Waals surface area contributed by atoms with Crippen LogP contribution in [0.4, 0.5) is 34.1 Å². The molecule has 0 saturated heterocycles. The summed E-state index contributed by atoms with van der Waals surface area (Å²) < 4.78 is 0. The summed E-state index contributed by atoms with van der Waals surface area (Å²) in [5.74, 6) is 0. The highest BCUT2D eigenvalue weighted by Crippen LogP contribution is 2.58. The number of rotatable bonds is 6. The van der Waals surface area contributed by atoms with E-state index in [4.69, 9.17) is 0 Å². The maximum absolute atomic E-state index is 2.56. The Morgan fingerprint density at radius 2 is 0.809 bits per heavy atom. The van der Waals surface area contributed by atoms with E-state index in [1.807, 2.05) is 0 Å². The molecule has 2 heteroatoms. The summed E-state index contributed by atoms with van der Waals surface area (Å²) in [6, 6.07) is 85.4. The summed E-state index contributed by atoms with van der Waals surface area (Å²) in [6.45, 7) is 9.65. The molecule has 0 aromatic heterocycles. The van der Waals surface area contributed by atoms with Crippen molar-refractivity contribution in [2.75, 3.05) is 9.80 Å². The topological polar surface area (TPSA) is 6.48 Å². The van der Waals surface area contributed by atoms with Crippen LogP contribution in [0.2, 0.25) is 0 Å². The number of hydrogen-bond acceptors (Lipinski definition) is 2. The van der Waals surface area contributed by atoms with Gasteiger partial charge in [0.1, 0.15) is 0 Å². The third kappa shape index (κ3) is 6.03. The van der Waals surface area contributed by atoms with Crippen molar-refractivity contribution in [3.8, 4) is 33.4 Å². The number of benzene rings is 11. The van der Waals surface area contributed by atoms with Gasteiger partial charge in [0.05, 0.1) is 11.4 Å². The smallest absolute Gasteiger partial charge is 0.0509 e. The fourth-order valence-electron chi connectivity index (χ4n) is 11.8. The van der Waals surface area contributed by atoms with Gasteiger partial charge in [-0.1, -0.05) is 191 Å². The van der Waals surface area contributed by atoms with Crippen LogP contribution in [-0.2, 0) is 10.8 Å². The van der Waals surface area contributed by atoms with E-state index in [1.54, 1.807) is 0 Å². The van der Waals surface area contributed by atoms with E-state index in [9.17, 15) is 0 Å². The highest BCUT2D eigenvalue weighted by molar-refractivity contribution is 6.27. The lowest BCUT2D eigenvalue weighted by Gasteiger charge is -2.43. The monoisotopic (exact) mass is 870 g/mol. The van der Waals surface area contributed by atoms with E-state index >= 15 is 0 Å². The Morgan fingerprint density at radius 3 is 1.49 bits per heavy atom. The Kier molecular flexibility index (Phi) is 8.95. The number of hydrogen-bond donors (Lipinski definition) is 0. The van der Waals surface area contributed by atoms with Crippen molar-refractivity contribution in [1.82, 2.24) is 0 Å². The molecule has 0 bridgehead atoms. The molecule has 0 unspecified atom stereocenters. The molecule has 2 nitrogen and oxygen atoms in total. The van der Waals surface area contributed by atoms with Gasteiger partial charge < -0.3 is 9.80 Å². The lowest BCUT2D eigenvalue weighted by molar-refractivity contribution is 0.638. The number of fused-ring (bicyclic) bond motifs is 12. The van der Waals surface area contributed by atoms with Crippen molar-refractivity contribution in [2.24, 2.45) is 0 Å². The molecule has 324 valence electrons. The predicted molar refractivity (Wildman–Crippen MR) is 289 cm³/mol. The SMILES string of the molecule is CC1(C)c2ccccc2-c2ccc(N3c4ccc(-c5ccc(N(c6ccccc6)c6ccc(-c7ccccc7)cc6)cc5)cc4C(C)(C)c4c3ccc3c5ccccc5c5ccccc5c43)cc21. The second-order valence-corrected chi connectivity index (χ2v) is 19.7. The van der Waals surface area contributed by atoms with Crippen LogP contribution < -0.4 is 9.80 Å². The normalized spacial score (nSPS) is 14.1. The predicted octanol–water partition coefficient (Wildman–Crippen LogP) is 18.4. The zero-order valence-corrected chi connectivity index (χ0v) is 38.8. The van der Waals surface area contributed by atoms with Gasteiger partial charge in [0, 0.05) is 33.6 Å². The molecule has 11 aromatic carbocycles. The number of para-hydroxylation sites is 1. The first-order valence-corrected chi connectivity index (χ1v) is 23.9. The van der Waals surface area contributed by atoms with Crippen LogP contribution >= 0.6 is 0 Å². The molecule has 0 spiro atoms. The molecule has 13 rings (SSSR count). The van der Waals surface area contributed by atoms with Crippen LogP contribution in [0.3, 0.4) is 0 Å². The van der Waals surface area contributed by atoms with Crippen LogP contribution in [0, 0.1) is 0 Å². The molecule has 0 atom stereocenters. The first-order valence-electron chi connectivity index (χ1n) is 23.9. The van der Waals surface area contributed by atoms with E-state index in [0.717, 1.165) is 17.1 Å². The Bertz CT molecular complexity index is 3740. The van der Waals surface area contributed by atoms with Gasteiger partial charge in [-0.05, 0) is 155 Å². The standard InChI is InChI=1S/C66H50N2/c1-65(2)58-26-16-15-24-54(58)55-37-36-50(42-59(55)65)68-61-39-31-46(41-60(61)66(3,4)64-62(68)40-38-57-53-23-12-11-21-51(53)52-22-13-14-25-56(52)63(57)64)45-29-34-49(35-30-45)67(47-19-9-6-10-20-47)48-32-27-44(28-33-48)43-17-7-5-8-18-43/h5-42H,1-4H3. The summed E-state index contributed by atoms with van der Waals surface area (Å²) in [5, 5.41) is 7.80.